The second-order valence-electron chi connectivity index (χ2n) is 2.00. The molecule has 53 valence electrons. The van der Waals surface area contributed by atoms with E-state index in [1.807, 2.05) is 25.1 Å². The molecule has 1 radical (unpaired) electrons. The van der Waals surface area contributed by atoms with Crippen LogP contribution in [0.4, 0.5) is 0 Å². The molecule has 1 unspecified atom stereocenters. The van der Waals surface area contributed by atoms with E-state index in [9.17, 15) is 4.57 Å². The molecule has 0 aliphatic heterocycles. The van der Waals surface area contributed by atoms with E-state index in [1.165, 1.54) is 0 Å². The third-order valence-electron chi connectivity index (χ3n) is 1.15. The average molecular weight is 178 g/mol. The number of hydrogen-bond donors (Lipinski definition) is 0. The van der Waals surface area contributed by atoms with Gasteiger partial charge in [-0.15, -0.1) is 0 Å². The summed E-state index contributed by atoms with van der Waals surface area (Å²) in [5.74, 6) is 0.660. The Morgan fingerprint density at radius 1 is 1.45 bits per heavy atom. The van der Waals surface area contributed by atoms with Crippen molar-refractivity contribution in [3.8, 4) is 5.75 Å². The number of benzene rings is 1. The summed E-state index contributed by atoms with van der Waals surface area (Å²) in [4.78, 5) is 0. The van der Waals surface area contributed by atoms with Crippen LogP contribution in [-0.2, 0) is 4.57 Å². The molecular weight excluding hydrogens is 170 g/mol. The van der Waals surface area contributed by atoms with E-state index in [-0.39, 0.29) is 29.6 Å². The summed E-state index contributed by atoms with van der Waals surface area (Å²) in [7, 11) is -0.718. The molecule has 1 aromatic carbocycles. The minimum absolute atomic E-state index is 0. The van der Waals surface area contributed by atoms with E-state index in [2.05, 4.69) is 0 Å². The van der Waals surface area contributed by atoms with Gasteiger partial charge in [-0.3, -0.25) is 4.52 Å². The standard InChI is InChI=1S/C7H8O2P.Na/c1-6-3-2-4-7(5-6)9-10-8;/h2-5,10H,1H3;/q+1;. The molecule has 0 aliphatic carbocycles. The summed E-state index contributed by atoms with van der Waals surface area (Å²) >= 11 is 0. The largest absolute Gasteiger partial charge is 0.542 e. The van der Waals surface area contributed by atoms with Gasteiger partial charge in [-0.2, -0.15) is 0 Å². The molecule has 1 atom stereocenters. The van der Waals surface area contributed by atoms with E-state index in [4.69, 9.17) is 4.52 Å². The van der Waals surface area contributed by atoms with Crippen molar-refractivity contribution in [1.82, 2.24) is 0 Å². The van der Waals surface area contributed by atoms with Crippen LogP contribution in [0.2, 0.25) is 0 Å². The van der Waals surface area contributed by atoms with Gasteiger partial charge in [0.25, 0.3) is 0 Å². The molecule has 0 bridgehead atoms. The molecule has 4 heteroatoms. The van der Waals surface area contributed by atoms with Crippen LogP contribution in [0.1, 0.15) is 5.56 Å². The van der Waals surface area contributed by atoms with E-state index in [1.54, 1.807) is 6.07 Å². The van der Waals surface area contributed by atoms with Crippen LogP contribution < -0.4 is 4.52 Å². The smallest absolute Gasteiger partial charge is 0.256 e. The molecule has 0 fully saturated rings. The zero-order chi connectivity index (χ0) is 7.40. The molecule has 11 heavy (non-hydrogen) atoms. The van der Waals surface area contributed by atoms with Crippen LogP contribution in [-0.4, -0.2) is 29.6 Å². The van der Waals surface area contributed by atoms with Gasteiger partial charge in [0.05, 0.1) is 0 Å². The second kappa shape index (κ2) is 5.73. The van der Waals surface area contributed by atoms with Crippen LogP contribution in [0.15, 0.2) is 24.3 Å². The minimum Gasteiger partial charge on any atom is -0.256 e. The molecule has 1 rings (SSSR count). The monoisotopic (exact) mass is 178 g/mol. The number of aryl methyl sites for hydroxylation is 1. The first-order valence-corrected chi connectivity index (χ1v) is 3.75. The second-order valence-corrected chi connectivity index (χ2v) is 2.37. The fourth-order valence-corrected chi connectivity index (χ4v) is 0.950. The maximum absolute atomic E-state index is 10.0. The van der Waals surface area contributed by atoms with Crippen molar-refractivity contribution in [2.75, 3.05) is 0 Å². The van der Waals surface area contributed by atoms with E-state index in [0.717, 1.165) is 5.56 Å². The van der Waals surface area contributed by atoms with Crippen molar-refractivity contribution < 1.29 is 9.09 Å². The van der Waals surface area contributed by atoms with E-state index in [0.29, 0.717) is 5.75 Å². The van der Waals surface area contributed by atoms with Crippen molar-refractivity contribution in [3.05, 3.63) is 29.8 Å². The summed E-state index contributed by atoms with van der Waals surface area (Å²) in [6.07, 6.45) is 0. The molecule has 0 N–H and O–H groups in total. The van der Waals surface area contributed by atoms with Gasteiger partial charge >= 0.3 is 8.69 Å². The molecule has 0 saturated carbocycles. The first-order valence-electron chi connectivity index (χ1n) is 2.93. The quantitative estimate of drug-likeness (QED) is 0.511. The minimum atomic E-state index is -0.718. The van der Waals surface area contributed by atoms with Crippen LogP contribution in [0.5, 0.6) is 5.75 Å². The Kier molecular flexibility index (Phi) is 5.79. The third kappa shape index (κ3) is 3.88. The molecule has 0 heterocycles. The molecule has 1 aromatic rings. The van der Waals surface area contributed by atoms with Crippen LogP contribution >= 0.6 is 8.69 Å². The summed E-state index contributed by atoms with van der Waals surface area (Å²) < 4.78 is 14.8. The normalized spacial score (nSPS) is 8.82. The maximum atomic E-state index is 10.0. The maximum Gasteiger partial charge on any atom is 0.542 e. The number of rotatable bonds is 2. The van der Waals surface area contributed by atoms with Crippen molar-refractivity contribution in [1.29, 1.82) is 0 Å². The van der Waals surface area contributed by atoms with Gasteiger partial charge in [-0.1, -0.05) is 12.1 Å². The summed E-state index contributed by atoms with van der Waals surface area (Å²) in [6.45, 7) is 1.96. The SMILES string of the molecule is Cc1cccc(O[PH+]=O)c1.[Na]. The summed E-state index contributed by atoms with van der Waals surface area (Å²) in [5.41, 5.74) is 1.11. The zero-order valence-electron chi connectivity index (χ0n) is 6.63. The van der Waals surface area contributed by atoms with Gasteiger partial charge in [0.2, 0.25) is 0 Å². The average Bonchev–Trinajstić information content (AvgIpc) is 1.88. The predicted molar refractivity (Wildman–Crippen MR) is 46.6 cm³/mol. The van der Waals surface area contributed by atoms with E-state index < -0.39 is 8.69 Å². The van der Waals surface area contributed by atoms with Gasteiger partial charge in [0.1, 0.15) is 0 Å². The van der Waals surface area contributed by atoms with Gasteiger partial charge in [-0.05, 0) is 29.2 Å². The Balaban J connectivity index is 0.000001000. The van der Waals surface area contributed by atoms with Crippen LogP contribution in [0.25, 0.3) is 0 Å². The van der Waals surface area contributed by atoms with Gasteiger partial charge in [0.15, 0.2) is 5.75 Å². The van der Waals surface area contributed by atoms with Crippen molar-refractivity contribution in [2.24, 2.45) is 0 Å². The van der Waals surface area contributed by atoms with E-state index >= 15 is 0 Å². The third-order valence-corrected chi connectivity index (χ3v) is 1.47. The van der Waals surface area contributed by atoms with Crippen molar-refractivity contribution >= 4 is 38.2 Å². The Bertz CT molecular complexity index is 240. The summed E-state index contributed by atoms with van der Waals surface area (Å²) in [5, 5.41) is 0. The molecular formula is C7H8NaO2P+. The van der Waals surface area contributed by atoms with Gasteiger partial charge in [0, 0.05) is 29.6 Å². The van der Waals surface area contributed by atoms with Gasteiger partial charge < -0.3 is 0 Å². The Morgan fingerprint density at radius 2 is 2.18 bits per heavy atom. The molecule has 0 amide bonds. The topological polar surface area (TPSA) is 26.3 Å². The first-order chi connectivity index (χ1) is 4.83. The van der Waals surface area contributed by atoms with Crippen LogP contribution in [0, 0.1) is 6.92 Å². The van der Waals surface area contributed by atoms with Crippen molar-refractivity contribution in [3.63, 3.8) is 0 Å². The summed E-state index contributed by atoms with van der Waals surface area (Å²) in [6, 6.07) is 7.44. The van der Waals surface area contributed by atoms with Crippen LogP contribution in [0.3, 0.4) is 0 Å². The Morgan fingerprint density at radius 3 is 2.73 bits per heavy atom. The molecule has 0 saturated heterocycles. The Hall–Kier alpha value is 0.120. The molecule has 0 spiro atoms. The van der Waals surface area contributed by atoms with Gasteiger partial charge in [-0.25, -0.2) is 0 Å². The van der Waals surface area contributed by atoms with Crippen molar-refractivity contribution in [2.45, 2.75) is 6.92 Å². The molecule has 2 nitrogen and oxygen atoms in total. The predicted octanol–water partition coefficient (Wildman–Crippen LogP) is 1.93. The fourth-order valence-electron chi connectivity index (χ4n) is 0.727. The molecule has 0 aliphatic rings. The molecule has 0 aromatic heterocycles. The first kappa shape index (κ1) is 11.1. The zero-order valence-corrected chi connectivity index (χ0v) is 9.63. The number of hydrogen-bond acceptors (Lipinski definition) is 2. The Labute approximate surface area is 89.5 Å². The fraction of sp³-hybridized carbons (Fsp3) is 0.143.